The average molecular weight is 376 g/mol. The fourth-order valence-electron chi connectivity index (χ4n) is 2.32. The van der Waals surface area contributed by atoms with Gasteiger partial charge in [-0.3, -0.25) is 4.79 Å². The maximum absolute atomic E-state index is 12.4. The molecule has 0 aromatic heterocycles. The molecule has 0 saturated heterocycles. The molecule has 7 heteroatoms. The fourth-order valence-corrected chi connectivity index (χ4v) is 3.64. The lowest BCUT2D eigenvalue weighted by atomic mass is 10.1. The second kappa shape index (κ2) is 8.33. The quantitative estimate of drug-likeness (QED) is 0.776. The molecule has 2 aromatic rings. The van der Waals surface area contributed by atoms with E-state index in [2.05, 4.69) is 10.0 Å². The van der Waals surface area contributed by atoms with Crippen LogP contribution in [-0.4, -0.2) is 27.5 Å². The first kappa shape index (κ1) is 19.9. The van der Waals surface area contributed by atoms with Gasteiger partial charge in [-0.05, 0) is 62.2 Å². The minimum absolute atomic E-state index is 0.127. The number of benzene rings is 2. The van der Waals surface area contributed by atoms with Crippen LogP contribution in [0.2, 0.25) is 0 Å². The topological polar surface area (TPSA) is 84.5 Å². The highest BCUT2D eigenvalue weighted by atomic mass is 32.2. The Morgan fingerprint density at radius 1 is 1.15 bits per heavy atom. The number of anilines is 1. The van der Waals surface area contributed by atoms with Gasteiger partial charge in [-0.25, -0.2) is 13.1 Å². The zero-order chi connectivity index (χ0) is 19.3. The summed E-state index contributed by atoms with van der Waals surface area (Å²) in [6, 6.07) is 11.1. The van der Waals surface area contributed by atoms with Gasteiger partial charge >= 0.3 is 0 Å². The molecule has 1 amide bonds. The van der Waals surface area contributed by atoms with Gasteiger partial charge in [0.05, 0.1) is 17.7 Å². The van der Waals surface area contributed by atoms with Crippen molar-refractivity contribution in [1.29, 1.82) is 0 Å². The maximum atomic E-state index is 12.4. The first-order chi connectivity index (χ1) is 12.3. The van der Waals surface area contributed by atoms with Crippen LogP contribution >= 0.6 is 0 Å². The van der Waals surface area contributed by atoms with Gasteiger partial charge in [0.2, 0.25) is 10.0 Å². The minimum atomic E-state index is -3.59. The lowest BCUT2D eigenvalue weighted by Crippen LogP contribution is -2.32. The predicted octanol–water partition coefficient (Wildman–Crippen LogP) is 3.33. The van der Waals surface area contributed by atoms with Gasteiger partial charge in [0.25, 0.3) is 5.91 Å². The Balaban J connectivity index is 2.18. The molecule has 0 saturated carbocycles. The van der Waals surface area contributed by atoms with E-state index in [4.69, 9.17) is 4.74 Å². The minimum Gasteiger partial charge on any atom is -0.495 e. The first-order valence-electron chi connectivity index (χ1n) is 8.35. The largest absolute Gasteiger partial charge is 0.495 e. The molecule has 1 atom stereocenters. The van der Waals surface area contributed by atoms with Crippen molar-refractivity contribution in [2.45, 2.75) is 38.1 Å². The molecular formula is C19H24N2O4S. The molecule has 140 valence electrons. The molecule has 0 heterocycles. The number of ether oxygens (including phenoxy) is 1. The van der Waals surface area contributed by atoms with Crippen molar-refractivity contribution in [3.63, 3.8) is 0 Å². The summed E-state index contributed by atoms with van der Waals surface area (Å²) in [6.07, 6.45) is 0.693. The third-order valence-corrected chi connectivity index (χ3v) is 5.60. The van der Waals surface area contributed by atoms with Crippen LogP contribution in [0.15, 0.2) is 47.4 Å². The van der Waals surface area contributed by atoms with Gasteiger partial charge in [-0.1, -0.05) is 13.0 Å². The van der Waals surface area contributed by atoms with E-state index in [9.17, 15) is 13.2 Å². The third-order valence-electron chi connectivity index (χ3n) is 4.00. The summed E-state index contributed by atoms with van der Waals surface area (Å²) in [5.41, 5.74) is 1.90. The van der Waals surface area contributed by atoms with Crippen molar-refractivity contribution in [3.05, 3.63) is 53.6 Å². The summed E-state index contributed by atoms with van der Waals surface area (Å²) in [7, 11) is -2.06. The van der Waals surface area contributed by atoms with Crippen molar-refractivity contribution in [1.82, 2.24) is 4.72 Å². The smallest absolute Gasteiger partial charge is 0.255 e. The van der Waals surface area contributed by atoms with Crippen LogP contribution in [0.4, 0.5) is 5.69 Å². The van der Waals surface area contributed by atoms with Gasteiger partial charge in [-0.15, -0.1) is 0 Å². The molecule has 2 aromatic carbocycles. The number of hydrogen-bond acceptors (Lipinski definition) is 4. The second-order valence-corrected chi connectivity index (χ2v) is 7.83. The van der Waals surface area contributed by atoms with Crippen molar-refractivity contribution in [2.75, 3.05) is 12.4 Å². The molecule has 0 radical (unpaired) electrons. The molecule has 0 bridgehead atoms. The van der Waals surface area contributed by atoms with E-state index < -0.39 is 10.0 Å². The van der Waals surface area contributed by atoms with Gasteiger partial charge in [-0.2, -0.15) is 0 Å². The summed E-state index contributed by atoms with van der Waals surface area (Å²) in [6.45, 7) is 5.62. The molecule has 6 nitrogen and oxygen atoms in total. The highest BCUT2D eigenvalue weighted by molar-refractivity contribution is 7.89. The Morgan fingerprint density at radius 2 is 1.81 bits per heavy atom. The molecule has 0 unspecified atom stereocenters. The van der Waals surface area contributed by atoms with Gasteiger partial charge in [0.15, 0.2) is 0 Å². The number of rotatable bonds is 7. The van der Waals surface area contributed by atoms with Crippen LogP contribution in [0.3, 0.4) is 0 Å². The van der Waals surface area contributed by atoms with E-state index in [1.165, 1.54) is 31.4 Å². The van der Waals surface area contributed by atoms with Crippen molar-refractivity contribution in [3.8, 4) is 5.75 Å². The average Bonchev–Trinajstić information content (AvgIpc) is 2.61. The maximum Gasteiger partial charge on any atom is 0.255 e. The summed E-state index contributed by atoms with van der Waals surface area (Å²) in [5, 5.41) is 2.79. The zero-order valence-corrected chi connectivity index (χ0v) is 16.2. The Kier molecular flexibility index (Phi) is 6.39. The molecule has 0 spiro atoms. The SMILES string of the molecule is CC[C@@H](C)NS(=O)(=O)c1ccc(C(=O)Nc2cc(C)ccc2OC)cc1. The standard InChI is InChI=1S/C19H24N2O4S/c1-5-14(3)21-26(23,24)16-9-7-15(8-10-16)19(22)20-17-12-13(2)6-11-18(17)25-4/h6-12,14,21H,5H2,1-4H3,(H,20,22)/t14-/m1/s1. The van der Waals surface area contributed by atoms with Crippen LogP contribution in [0.1, 0.15) is 36.2 Å². The number of sulfonamides is 1. The number of nitrogens with one attached hydrogen (secondary N) is 2. The third kappa shape index (κ3) is 4.83. The second-order valence-electron chi connectivity index (χ2n) is 6.11. The first-order valence-corrected chi connectivity index (χ1v) is 9.83. The van der Waals surface area contributed by atoms with Crippen molar-refractivity contribution >= 4 is 21.6 Å². The van der Waals surface area contributed by atoms with E-state index >= 15 is 0 Å². The molecule has 2 N–H and O–H groups in total. The normalized spacial score (nSPS) is 12.5. The Morgan fingerprint density at radius 3 is 2.38 bits per heavy atom. The summed E-state index contributed by atoms with van der Waals surface area (Å²) < 4.78 is 32.4. The zero-order valence-electron chi connectivity index (χ0n) is 15.4. The summed E-state index contributed by atoms with van der Waals surface area (Å²) in [5.74, 6) is 0.216. The predicted molar refractivity (Wildman–Crippen MR) is 102 cm³/mol. The highest BCUT2D eigenvalue weighted by Crippen LogP contribution is 2.25. The van der Waals surface area contributed by atoms with Gasteiger partial charge < -0.3 is 10.1 Å². The van der Waals surface area contributed by atoms with Crippen molar-refractivity contribution < 1.29 is 17.9 Å². The van der Waals surface area contributed by atoms with E-state index in [-0.39, 0.29) is 16.8 Å². The number of hydrogen-bond donors (Lipinski definition) is 2. The van der Waals surface area contributed by atoms with Crippen LogP contribution in [0.25, 0.3) is 0 Å². The van der Waals surface area contributed by atoms with E-state index in [1.54, 1.807) is 13.0 Å². The number of methoxy groups -OCH3 is 1. The molecule has 0 aliphatic heterocycles. The summed E-state index contributed by atoms with van der Waals surface area (Å²) >= 11 is 0. The number of aryl methyl sites for hydroxylation is 1. The molecule has 0 aliphatic carbocycles. The lowest BCUT2D eigenvalue weighted by molar-refractivity contribution is 0.102. The van der Waals surface area contributed by atoms with E-state index in [0.29, 0.717) is 23.4 Å². The molecular weight excluding hydrogens is 352 g/mol. The monoisotopic (exact) mass is 376 g/mol. The fraction of sp³-hybridized carbons (Fsp3) is 0.316. The van der Waals surface area contributed by atoms with Crippen molar-refractivity contribution in [2.24, 2.45) is 0 Å². The molecule has 0 fully saturated rings. The van der Waals surface area contributed by atoms with Gasteiger partial charge in [0.1, 0.15) is 5.75 Å². The molecule has 26 heavy (non-hydrogen) atoms. The van der Waals surface area contributed by atoms with Gasteiger partial charge in [0, 0.05) is 11.6 Å². The summed E-state index contributed by atoms with van der Waals surface area (Å²) in [4.78, 5) is 12.6. The molecule has 2 rings (SSSR count). The Hall–Kier alpha value is -2.38. The van der Waals surface area contributed by atoms with Crippen LogP contribution in [-0.2, 0) is 10.0 Å². The number of carbonyl (C=O) groups is 1. The highest BCUT2D eigenvalue weighted by Gasteiger charge is 2.17. The van der Waals surface area contributed by atoms with E-state index in [1.807, 2.05) is 26.0 Å². The van der Waals surface area contributed by atoms with E-state index in [0.717, 1.165) is 5.56 Å². The lowest BCUT2D eigenvalue weighted by Gasteiger charge is -2.13. The Bertz CT molecular complexity index is 877. The number of carbonyl (C=O) groups excluding carboxylic acids is 1. The Labute approximate surface area is 154 Å². The number of amides is 1. The van der Waals surface area contributed by atoms with Crippen LogP contribution in [0.5, 0.6) is 5.75 Å². The molecule has 0 aliphatic rings. The van der Waals surface area contributed by atoms with Crippen LogP contribution in [0, 0.1) is 6.92 Å². The van der Waals surface area contributed by atoms with Crippen LogP contribution < -0.4 is 14.8 Å².